The Morgan fingerprint density at radius 2 is 1.72 bits per heavy atom. The van der Waals surface area contributed by atoms with E-state index in [1.807, 2.05) is 49.4 Å². The average Bonchev–Trinajstić information content (AvgIpc) is 2.73. The summed E-state index contributed by atoms with van der Waals surface area (Å²) in [6.07, 6.45) is 1.23. The smallest absolute Gasteiger partial charge is 0.246 e. The standard InChI is InChI=1S/C23H19N3O3/c1-16-10-12-17(13-11-16)29-22-9-5-3-7-19(22)25-23(28)15-26-20-8-4-2-6-18(20)21(27)14-24-26/h2-14H,15H2,1H3,(H,25,28). The Morgan fingerprint density at radius 1 is 1.00 bits per heavy atom. The Hall–Kier alpha value is -3.93. The fourth-order valence-corrected chi connectivity index (χ4v) is 3.00. The van der Waals surface area contributed by atoms with E-state index in [4.69, 9.17) is 4.74 Å². The number of hydrogen-bond donors (Lipinski definition) is 1. The van der Waals surface area contributed by atoms with E-state index in [-0.39, 0.29) is 17.9 Å². The van der Waals surface area contributed by atoms with Crippen LogP contribution in [0.2, 0.25) is 0 Å². The summed E-state index contributed by atoms with van der Waals surface area (Å²) in [5.74, 6) is 0.957. The second-order valence-electron chi connectivity index (χ2n) is 6.64. The first-order valence-electron chi connectivity index (χ1n) is 9.18. The van der Waals surface area contributed by atoms with Crippen LogP contribution in [0, 0.1) is 6.92 Å². The van der Waals surface area contributed by atoms with Crippen molar-refractivity contribution in [3.63, 3.8) is 0 Å². The largest absolute Gasteiger partial charge is 0.455 e. The van der Waals surface area contributed by atoms with Gasteiger partial charge in [-0.05, 0) is 43.3 Å². The van der Waals surface area contributed by atoms with Crippen molar-refractivity contribution < 1.29 is 9.53 Å². The zero-order chi connectivity index (χ0) is 20.2. The van der Waals surface area contributed by atoms with Crippen molar-refractivity contribution in [2.75, 3.05) is 5.32 Å². The number of hydrogen-bond acceptors (Lipinski definition) is 4. The predicted octanol–water partition coefficient (Wildman–Crippen LogP) is 4.14. The van der Waals surface area contributed by atoms with Crippen molar-refractivity contribution in [3.8, 4) is 11.5 Å². The van der Waals surface area contributed by atoms with Gasteiger partial charge in [0.05, 0.1) is 17.4 Å². The van der Waals surface area contributed by atoms with E-state index in [1.54, 1.807) is 30.3 Å². The minimum atomic E-state index is -0.272. The fraction of sp³-hybridized carbons (Fsp3) is 0.0870. The third kappa shape index (κ3) is 4.16. The van der Waals surface area contributed by atoms with Gasteiger partial charge in [-0.2, -0.15) is 5.10 Å². The normalized spacial score (nSPS) is 10.7. The van der Waals surface area contributed by atoms with Crippen molar-refractivity contribution in [1.82, 2.24) is 9.78 Å². The molecule has 4 aromatic rings. The van der Waals surface area contributed by atoms with Gasteiger partial charge in [0.15, 0.2) is 5.75 Å². The molecule has 4 rings (SSSR count). The summed E-state index contributed by atoms with van der Waals surface area (Å²) in [5, 5.41) is 7.49. The number of nitrogens with zero attached hydrogens (tertiary/aromatic N) is 2. The molecule has 6 heteroatoms. The Labute approximate surface area is 167 Å². The van der Waals surface area contributed by atoms with Gasteiger partial charge in [-0.1, -0.05) is 42.0 Å². The molecule has 0 radical (unpaired) electrons. The van der Waals surface area contributed by atoms with Crippen molar-refractivity contribution >= 4 is 22.5 Å². The van der Waals surface area contributed by atoms with Crippen LogP contribution >= 0.6 is 0 Å². The van der Waals surface area contributed by atoms with Gasteiger partial charge in [0.25, 0.3) is 0 Å². The van der Waals surface area contributed by atoms with Gasteiger partial charge in [-0.3, -0.25) is 14.3 Å². The van der Waals surface area contributed by atoms with Crippen LogP contribution < -0.4 is 15.5 Å². The number of aromatic nitrogens is 2. The summed E-state index contributed by atoms with van der Waals surface area (Å²) < 4.78 is 7.43. The van der Waals surface area contributed by atoms with E-state index >= 15 is 0 Å². The quantitative estimate of drug-likeness (QED) is 0.560. The average molecular weight is 385 g/mol. The fourth-order valence-electron chi connectivity index (χ4n) is 3.00. The van der Waals surface area contributed by atoms with Crippen LogP contribution in [0.25, 0.3) is 10.9 Å². The predicted molar refractivity (Wildman–Crippen MR) is 112 cm³/mol. The van der Waals surface area contributed by atoms with Crippen LogP contribution in [0.3, 0.4) is 0 Å². The molecule has 0 aliphatic heterocycles. The number of carbonyl (C=O) groups excluding carboxylic acids is 1. The van der Waals surface area contributed by atoms with Gasteiger partial charge in [0.1, 0.15) is 12.3 Å². The lowest BCUT2D eigenvalue weighted by Crippen LogP contribution is -2.22. The van der Waals surface area contributed by atoms with Crippen molar-refractivity contribution in [2.45, 2.75) is 13.5 Å². The summed E-state index contributed by atoms with van der Waals surface area (Å²) in [6.45, 7) is 1.98. The number of para-hydroxylation sites is 3. The monoisotopic (exact) mass is 385 g/mol. The Bertz CT molecular complexity index is 1230. The molecule has 3 aromatic carbocycles. The van der Waals surface area contributed by atoms with Gasteiger partial charge in [0, 0.05) is 5.39 Å². The summed E-state index contributed by atoms with van der Waals surface area (Å²) in [5.41, 5.74) is 2.14. The van der Waals surface area contributed by atoms with Gasteiger partial charge < -0.3 is 10.1 Å². The topological polar surface area (TPSA) is 73.2 Å². The third-order valence-electron chi connectivity index (χ3n) is 4.47. The van der Waals surface area contributed by atoms with Crippen LogP contribution in [-0.2, 0) is 11.3 Å². The first kappa shape index (κ1) is 18.4. The van der Waals surface area contributed by atoms with Crippen molar-refractivity contribution in [1.29, 1.82) is 0 Å². The number of nitrogens with one attached hydrogen (secondary N) is 1. The molecule has 6 nitrogen and oxygen atoms in total. The molecule has 29 heavy (non-hydrogen) atoms. The minimum absolute atomic E-state index is 0.0281. The number of benzene rings is 3. The van der Waals surface area contributed by atoms with Crippen LogP contribution in [-0.4, -0.2) is 15.7 Å². The number of aryl methyl sites for hydroxylation is 1. The Balaban J connectivity index is 1.54. The van der Waals surface area contributed by atoms with E-state index in [1.165, 1.54) is 10.9 Å². The molecule has 1 N–H and O–H groups in total. The first-order valence-corrected chi connectivity index (χ1v) is 9.18. The molecule has 1 heterocycles. The molecule has 0 saturated heterocycles. The summed E-state index contributed by atoms with van der Waals surface area (Å²) in [4.78, 5) is 24.6. The van der Waals surface area contributed by atoms with Gasteiger partial charge in [-0.25, -0.2) is 0 Å². The van der Waals surface area contributed by atoms with E-state index in [0.29, 0.717) is 28.1 Å². The third-order valence-corrected chi connectivity index (χ3v) is 4.47. The SMILES string of the molecule is Cc1ccc(Oc2ccccc2NC(=O)Cn2ncc(=O)c3ccccc32)cc1. The minimum Gasteiger partial charge on any atom is -0.455 e. The molecule has 0 aliphatic rings. The number of amides is 1. The van der Waals surface area contributed by atoms with Crippen molar-refractivity contribution in [3.05, 3.63) is 94.8 Å². The number of carbonyl (C=O) groups is 1. The first-order chi connectivity index (χ1) is 14.1. The molecule has 144 valence electrons. The van der Waals surface area contributed by atoms with Gasteiger partial charge >= 0.3 is 0 Å². The van der Waals surface area contributed by atoms with Crippen LogP contribution in [0.5, 0.6) is 11.5 Å². The van der Waals surface area contributed by atoms with Crippen LogP contribution in [0.4, 0.5) is 5.69 Å². The summed E-state index contributed by atoms with van der Waals surface area (Å²) in [6, 6.07) is 22.0. The van der Waals surface area contributed by atoms with Crippen molar-refractivity contribution in [2.24, 2.45) is 0 Å². The highest BCUT2D eigenvalue weighted by atomic mass is 16.5. The zero-order valence-corrected chi connectivity index (χ0v) is 15.8. The molecule has 1 amide bonds. The highest BCUT2D eigenvalue weighted by Gasteiger charge is 2.11. The summed E-state index contributed by atoms with van der Waals surface area (Å²) >= 11 is 0. The molecular formula is C23H19N3O3. The second-order valence-corrected chi connectivity index (χ2v) is 6.64. The van der Waals surface area contributed by atoms with Crippen LogP contribution in [0.1, 0.15) is 5.56 Å². The number of ether oxygens (including phenoxy) is 1. The Kier molecular flexibility index (Phi) is 5.07. The molecule has 0 fully saturated rings. The number of fused-ring (bicyclic) bond motifs is 1. The lowest BCUT2D eigenvalue weighted by molar-refractivity contribution is -0.116. The van der Waals surface area contributed by atoms with E-state index in [2.05, 4.69) is 10.4 Å². The molecule has 0 saturated carbocycles. The zero-order valence-electron chi connectivity index (χ0n) is 15.8. The highest BCUT2D eigenvalue weighted by Crippen LogP contribution is 2.29. The molecule has 0 bridgehead atoms. The summed E-state index contributed by atoms with van der Waals surface area (Å²) in [7, 11) is 0. The maximum Gasteiger partial charge on any atom is 0.246 e. The molecular weight excluding hydrogens is 366 g/mol. The second kappa shape index (κ2) is 7.98. The van der Waals surface area contributed by atoms with Gasteiger partial charge in [-0.15, -0.1) is 0 Å². The molecule has 0 aliphatic carbocycles. The molecule has 1 aromatic heterocycles. The molecule has 0 unspecified atom stereocenters. The van der Waals surface area contributed by atoms with Gasteiger partial charge in [0.2, 0.25) is 11.3 Å². The lowest BCUT2D eigenvalue weighted by atomic mass is 10.2. The molecule has 0 atom stereocenters. The van der Waals surface area contributed by atoms with Crippen LogP contribution in [0.15, 0.2) is 83.8 Å². The lowest BCUT2D eigenvalue weighted by Gasteiger charge is -2.13. The number of rotatable bonds is 5. The maximum absolute atomic E-state index is 12.7. The molecule has 0 spiro atoms. The highest BCUT2D eigenvalue weighted by molar-refractivity contribution is 5.93. The number of anilines is 1. The van der Waals surface area contributed by atoms with E-state index in [0.717, 1.165) is 5.56 Å². The maximum atomic E-state index is 12.7. The Morgan fingerprint density at radius 3 is 2.55 bits per heavy atom. The van der Waals surface area contributed by atoms with E-state index in [9.17, 15) is 9.59 Å². The van der Waals surface area contributed by atoms with E-state index < -0.39 is 0 Å².